The average molecular weight is 306 g/mol. The van der Waals surface area contributed by atoms with Gasteiger partial charge in [-0.15, -0.1) is 12.4 Å². The van der Waals surface area contributed by atoms with Crippen LogP contribution in [0.5, 0.6) is 0 Å². The number of hydrogen-bond donors (Lipinski definition) is 2. The van der Waals surface area contributed by atoms with E-state index in [1.54, 1.807) is 0 Å². The van der Waals surface area contributed by atoms with Gasteiger partial charge in [0.2, 0.25) is 0 Å². The molecule has 0 radical (unpaired) electrons. The number of rotatable bonds is 6. The van der Waals surface area contributed by atoms with Crippen LogP contribution in [0.2, 0.25) is 0 Å². The molecule has 0 fully saturated rings. The van der Waals surface area contributed by atoms with E-state index in [9.17, 15) is 19.3 Å². The number of carbonyl (C=O) groups is 1. The molecule has 8 heteroatoms. The number of nitrogens with one attached hydrogen (secondary N) is 2. The van der Waals surface area contributed by atoms with Crippen LogP contribution in [0.15, 0.2) is 18.2 Å². The van der Waals surface area contributed by atoms with Crippen LogP contribution in [0, 0.1) is 15.9 Å². The Bertz CT molecular complexity index is 485. The fraction of sp³-hybridized carbons (Fsp3) is 0.417. The van der Waals surface area contributed by atoms with Gasteiger partial charge in [-0.2, -0.15) is 0 Å². The van der Waals surface area contributed by atoms with Gasteiger partial charge in [0.1, 0.15) is 11.4 Å². The lowest BCUT2D eigenvalue weighted by Gasteiger charge is -2.13. The van der Waals surface area contributed by atoms with Crippen molar-refractivity contribution in [1.29, 1.82) is 0 Å². The molecule has 6 nitrogen and oxygen atoms in total. The van der Waals surface area contributed by atoms with E-state index in [0.717, 1.165) is 24.7 Å². The lowest BCUT2D eigenvalue weighted by Crippen LogP contribution is -2.39. The molecule has 20 heavy (non-hydrogen) atoms. The Morgan fingerprint density at radius 2 is 2.15 bits per heavy atom. The minimum absolute atomic E-state index is 0. The van der Waals surface area contributed by atoms with E-state index in [-0.39, 0.29) is 24.0 Å². The summed E-state index contributed by atoms with van der Waals surface area (Å²) in [5.41, 5.74) is -0.677. The number of likely N-dealkylation sites (N-methyl/N-ethyl adjacent to an activating group) is 1. The molecule has 112 valence electrons. The van der Waals surface area contributed by atoms with Gasteiger partial charge in [0.25, 0.3) is 11.6 Å². The number of benzene rings is 1. The smallest absolute Gasteiger partial charge is 0.282 e. The number of nitrogens with zero attached hydrogens (tertiary/aromatic N) is 1. The standard InChI is InChI=1S/C12H16FN3O3.ClH/c1-3-14-8(2)7-15-12(17)10-6-9(13)4-5-11(10)16(18)19;/h4-6,8,14H,3,7H2,1-2H3,(H,15,17);1H/t8-;/m1./s1. The first kappa shape index (κ1) is 18.3. The van der Waals surface area contributed by atoms with Crippen LogP contribution in [-0.2, 0) is 0 Å². The first-order chi connectivity index (χ1) is 8.95. The molecular formula is C12H17ClFN3O3. The largest absolute Gasteiger partial charge is 0.350 e. The van der Waals surface area contributed by atoms with E-state index >= 15 is 0 Å². The minimum atomic E-state index is -0.706. The number of nitro benzene ring substituents is 1. The molecule has 0 aliphatic rings. The van der Waals surface area contributed by atoms with Crippen molar-refractivity contribution in [3.05, 3.63) is 39.7 Å². The summed E-state index contributed by atoms with van der Waals surface area (Å²) in [6, 6.07) is 2.83. The predicted octanol–water partition coefficient (Wildman–Crippen LogP) is 1.88. The number of hydrogen-bond acceptors (Lipinski definition) is 4. The summed E-state index contributed by atoms with van der Waals surface area (Å²) in [6.45, 7) is 4.84. The third-order valence-corrected chi connectivity index (χ3v) is 2.52. The fourth-order valence-electron chi connectivity index (χ4n) is 1.61. The zero-order valence-electron chi connectivity index (χ0n) is 11.2. The van der Waals surface area contributed by atoms with Crippen molar-refractivity contribution in [2.75, 3.05) is 13.1 Å². The van der Waals surface area contributed by atoms with Crippen LogP contribution in [0.25, 0.3) is 0 Å². The van der Waals surface area contributed by atoms with Crippen molar-refractivity contribution in [2.24, 2.45) is 0 Å². The van der Waals surface area contributed by atoms with Gasteiger partial charge in [-0.25, -0.2) is 4.39 Å². The maximum absolute atomic E-state index is 13.1. The monoisotopic (exact) mass is 305 g/mol. The third kappa shape index (κ3) is 5.10. The second-order valence-corrected chi connectivity index (χ2v) is 4.09. The Labute approximate surface area is 122 Å². The highest BCUT2D eigenvalue weighted by Gasteiger charge is 2.20. The predicted molar refractivity (Wildman–Crippen MR) is 75.8 cm³/mol. The Balaban J connectivity index is 0.00000361. The van der Waals surface area contributed by atoms with Gasteiger partial charge >= 0.3 is 0 Å². The van der Waals surface area contributed by atoms with Crippen LogP contribution in [0.3, 0.4) is 0 Å². The number of nitro groups is 1. The third-order valence-electron chi connectivity index (χ3n) is 2.52. The van der Waals surface area contributed by atoms with E-state index in [0.29, 0.717) is 6.54 Å². The molecule has 1 aromatic rings. The van der Waals surface area contributed by atoms with Crippen molar-refractivity contribution in [3.63, 3.8) is 0 Å². The number of halogens is 2. The lowest BCUT2D eigenvalue weighted by atomic mass is 10.1. The van der Waals surface area contributed by atoms with E-state index in [4.69, 9.17) is 0 Å². The van der Waals surface area contributed by atoms with Gasteiger partial charge in [-0.3, -0.25) is 14.9 Å². The van der Waals surface area contributed by atoms with E-state index in [1.807, 2.05) is 13.8 Å². The molecule has 1 atom stereocenters. The van der Waals surface area contributed by atoms with Gasteiger partial charge in [-0.05, 0) is 25.6 Å². The summed E-state index contributed by atoms with van der Waals surface area (Å²) in [4.78, 5) is 21.9. The molecule has 1 aromatic carbocycles. The molecule has 0 aliphatic carbocycles. The van der Waals surface area contributed by atoms with Crippen LogP contribution in [0.4, 0.5) is 10.1 Å². The Hall–Kier alpha value is -1.73. The van der Waals surface area contributed by atoms with Crippen LogP contribution >= 0.6 is 12.4 Å². The Morgan fingerprint density at radius 1 is 1.50 bits per heavy atom. The quantitative estimate of drug-likeness (QED) is 0.621. The van der Waals surface area contributed by atoms with Gasteiger partial charge in [0.15, 0.2) is 0 Å². The van der Waals surface area contributed by atoms with Crippen molar-refractivity contribution in [1.82, 2.24) is 10.6 Å². The maximum Gasteiger partial charge on any atom is 0.282 e. The molecule has 0 heterocycles. The van der Waals surface area contributed by atoms with Gasteiger partial charge < -0.3 is 10.6 Å². The summed E-state index contributed by atoms with van der Waals surface area (Å²) in [6.07, 6.45) is 0. The lowest BCUT2D eigenvalue weighted by molar-refractivity contribution is -0.385. The molecule has 0 bridgehead atoms. The van der Waals surface area contributed by atoms with Crippen LogP contribution in [-0.4, -0.2) is 30.0 Å². The molecule has 1 rings (SSSR count). The van der Waals surface area contributed by atoms with E-state index < -0.39 is 22.3 Å². The molecule has 0 aliphatic heterocycles. The summed E-state index contributed by atoms with van der Waals surface area (Å²) >= 11 is 0. The second kappa shape index (κ2) is 8.44. The fourth-order valence-corrected chi connectivity index (χ4v) is 1.61. The normalized spacial score (nSPS) is 11.3. The molecular weight excluding hydrogens is 289 g/mol. The zero-order valence-corrected chi connectivity index (χ0v) is 12.0. The van der Waals surface area contributed by atoms with E-state index in [2.05, 4.69) is 10.6 Å². The van der Waals surface area contributed by atoms with Crippen LogP contribution < -0.4 is 10.6 Å². The highest BCUT2D eigenvalue weighted by atomic mass is 35.5. The molecule has 2 N–H and O–H groups in total. The van der Waals surface area contributed by atoms with Crippen LogP contribution in [0.1, 0.15) is 24.2 Å². The number of amides is 1. The highest BCUT2D eigenvalue weighted by molar-refractivity contribution is 5.98. The SMILES string of the molecule is CCN[C@H](C)CNC(=O)c1cc(F)ccc1[N+](=O)[O-].Cl. The van der Waals surface area contributed by atoms with Crippen molar-refractivity contribution < 1.29 is 14.1 Å². The average Bonchev–Trinajstić information content (AvgIpc) is 2.35. The van der Waals surface area contributed by atoms with Crippen molar-refractivity contribution >= 4 is 24.0 Å². The highest BCUT2D eigenvalue weighted by Crippen LogP contribution is 2.19. The molecule has 1 amide bonds. The van der Waals surface area contributed by atoms with Gasteiger partial charge in [-0.1, -0.05) is 6.92 Å². The molecule has 0 unspecified atom stereocenters. The summed E-state index contributed by atoms with van der Waals surface area (Å²) in [7, 11) is 0. The van der Waals surface area contributed by atoms with Crippen molar-refractivity contribution in [3.8, 4) is 0 Å². The summed E-state index contributed by atoms with van der Waals surface area (Å²) < 4.78 is 13.1. The molecule has 0 saturated heterocycles. The maximum atomic E-state index is 13.1. The first-order valence-corrected chi connectivity index (χ1v) is 5.91. The number of carbonyl (C=O) groups excluding carboxylic acids is 1. The summed E-state index contributed by atoms with van der Waals surface area (Å²) in [5, 5.41) is 16.4. The van der Waals surface area contributed by atoms with Gasteiger partial charge in [0.05, 0.1) is 4.92 Å². The minimum Gasteiger partial charge on any atom is -0.350 e. The van der Waals surface area contributed by atoms with Crippen molar-refractivity contribution in [2.45, 2.75) is 19.9 Å². The summed E-state index contributed by atoms with van der Waals surface area (Å²) in [5.74, 6) is -1.34. The topological polar surface area (TPSA) is 84.3 Å². The second-order valence-electron chi connectivity index (χ2n) is 4.09. The molecule has 0 aromatic heterocycles. The zero-order chi connectivity index (χ0) is 14.4. The first-order valence-electron chi connectivity index (χ1n) is 5.91. The van der Waals surface area contributed by atoms with Gasteiger partial charge in [0, 0.05) is 18.7 Å². The molecule has 0 spiro atoms. The van der Waals surface area contributed by atoms with E-state index in [1.165, 1.54) is 0 Å². The Morgan fingerprint density at radius 3 is 2.70 bits per heavy atom. The Kier molecular flexibility index (Phi) is 7.71. The molecule has 0 saturated carbocycles.